The third kappa shape index (κ3) is 1.93. The van der Waals surface area contributed by atoms with Gasteiger partial charge in [-0.2, -0.15) is 0 Å². The predicted molar refractivity (Wildman–Crippen MR) is 68.5 cm³/mol. The van der Waals surface area contributed by atoms with Gasteiger partial charge in [-0.3, -0.25) is 4.79 Å². The molecule has 1 aromatic heterocycles. The Morgan fingerprint density at radius 3 is 3.00 bits per heavy atom. The molecule has 18 heavy (non-hydrogen) atoms. The molecule has 1 aliphatic rings. The van der Waals surface area contributed by atoms with Crippen molar-refractivity contribution in [2.24, 2.45) is 0 Å². The summed E-state index contributed by atoms with van der Waals surface area (Å²) < 4.78 is 5.28. The fourth-order valence-electron chi connectivity index (χ4n) is 1.93. The Bertz CT molecular complexity index is 623. The van der Waals surface area contributed by atoms with Crippen molar-refractivity contribution in [2.45, 2.75) is 6.92 Å². The van der Waals surface area contributed by atoms with Crippen LogP contribution in [0.4, 0.5) is 5.82 Å². The van der Waals surface area contributed by atoms with Gasteiger partial charge in [-0.05, 0) is 25.1 Å². The Labute approximate surface area is 105 Å². The lowest BCUT2D eigenvalue weighted by Gasteiger charge is -2.17. The van der Waals surface area contributed by atoms with E-state index in [1.165, 1.54) is 5.56 Å². The van der Waals surface area contributed by atoms with Gasteiger partial charge in [0.25, 0.3) is 5.91 Å². The number of aromatic nitrogens is 1. The number of hydrogen-bond donors (Lipinski definition) is 1. The number of ether oxygens (including phenoxy) is 1. The van der Waals surface area contributed by atoms with E-state index in [2.05, 4.69) is 16.4 Å². The first-order valence-corrected chi connectivity index (χ1v) is 5.73. The number of carbonyl (C=O) groups is 1. The Balaban J connectivity index is 2.04. The summed E-state index contributed by atoms with van der Waals surface area (Å²) in [5, 5.41) is 2.71. The third-order valence-electron chi connectivity index (χ3n) is 2.79. The SMILES string of the molecule is Cc1cccc(-c2ccc3c(n2)NC(=O)CO3)c1. The van der Waals surface area contributed by atoms with Crippen molar-refractivity contribution in [2.75, 3.05) is 11.9 Å². The molecule has 0 saturated carbocycles. The molecule has 4 heteroatoms. The van der Waals surface area contributed by atoms with Gasteiger partial charge in [0.15, 0.2) is 18.2 Å². The van der Waals surface area contributed by atoms with E-state index in [0.29, 0.717) is 11.6 Å². The highest BCUT2D eigenvalue weighted by Gasteiger charge is 2.17. The van der Waals surface area contributed by atoms with Gasteiger partial charge in [0, 0.05) is 5.56 Å². The molecular formula is C14H12N2O2. The monoisotopic (exact) mass is 240 g/mol. The number of hydrogen-bond acceptors (Lipinski definition) is 3. The first-order chi connectivity index (χ1) is 8.72. The zero-order chi connectivity index (χ0) is 12.5. The van der Waals surface area contributed by atoms with E-state index in [9.17, 15) is 4.79 Å². The maximum absolute atomic E-state index is 11.3. The smallest absolute Gasteiger partial charge is 0.263 e. The molecule has 2 aromatic rings. The highest BCUT2D eigenvalue weighted by atomic mass is 16.5. The minimum atomic E-state index is -0.170. The molecule has 2 heterocycles. The quantitative estimate of drug-likeness (QED) is 0.832. The predicted octanol–water partition coefficient (Wildman–Crippen LogP) is 2.39. The van der Waals surface area contributed by atoms with Crippen molar-refractivity contribution < 1.29 is 9.53 Å². The lowest BCUT2D eigenvalue weighted by Crippen LogP contribution is -2.26. The standard InChI is InChI=1S/C14H12N2O2/c1-9-3-2-4-10(7-9)11-5-6-12-14(15-11)16-13(17)8-18-12/h2-7H,8H2,1H3,(H,15,16,17). The largest absolute Gasteiger partial charge is 0.480 e. The number of pyridine rings is 1. The topological polar surface area (TPSA) is 51.2 Å². The number of amides is 1. The number of fused-ring (bicyclic) bond motifs is 1. The zero-order valence-corrected chi connectivity index (χ0v) is 9.93. The number of carbonyl (C=O) groups excluding carboxylic acids is 1. The highest BCUT2D eigenvalue weighted by Crippen LogP contribution is 2.29. The van der Waals surface area contributed by atoms with Gasteiger partial charge in [0.1, 0.15) is 0 Å². The molecule has 0 aliphatic carbocycles. The van der Waals surface area contributed by atoms with Crippen LogP contribution in [-0.2, 0) is 4.79 Å². The van der Waals surface area contributed by atoms with Gasteiger partial charge >= 0.3 is 0 Å². The Hall–Kier alpha value is -2.36. The molecule has 1 N–H and O–H groups in total. The van der Waals surface area contributed by atoms with Crippen molar-refractivity contribution >= 4 is 11.7 Å². The Morgan fingerprint density at radius 2 is 2.17 bits per heavy atom. The summed E-state index contributed by atoms with van der Waals surface area (Å²) in [6.07, 6.45) is 0. The van der Waals surface area contributed by atoms with E-state index in [4.69, 9.17) is 4.74 Å². The molecule has 1 amide bonds. The first-order valence-electron chi connectivity index (χ1n) is 5.73. The third-order valence-corrected chi connectivity index (χ3v) is 2.79. The molecule has 0 unspecified atom stereocenters. The lowest BCUT2D eigenvalue weighted by molar-refractivity contribution is -0.118. The average molecular weight is 240 g/mol. The summed E-state index contributed by atoms with van der Waals surface area (Å²) in [6, 6.07) is 11.8. The van der Waals surface area contributed by atoms with Gasteiger partial charge in [0.05, 0.1) is 5.69 Å². The summed E-state index contributed by atoms with van der Waals surface area (Å²) in [5.41, 5.74) is 3.02. The van der Waals surface area contributed by atoms with Crippen LogP contribution in [0.2, 0.25) is 0 Å². The van der Waals surface area contributed by atoms with Crippen molar-refractivity contribution in [1.29, 1.82) is 0 Å². The van der Waals surface area contributed by atoms with Gasteiger partial charge in [-0.1, -0.05) is 23.8 Å². The normalized spacial score (nSPS) is 13.5. The summed E-state index contributed by atoms with van der Waals surface area (Å²) in [7, 11) is 0. The molecule has 4 nitrogen and oxygen atoms in total. The molecule has 0 radical (unpaired) electrons. The first kappa shape index (κ1) is 10.8. The Morgan fingerprint density at radius 1 is 1.28 bits per heavy atom. The summed E-state index contributed by atoms with van der Waals surface area (Å²) in [5.74, 6) is 0.938. The average Bonchev–Trinajstić information content (AvgIpc) is 2.38. The second kappa shape index (κ2) is 4.14. The van der Waals surface area contributed by atoms with E-state index < -0.39 is 0 Å². The van der Waals surface area contributed by atoms with E-state index in [0.717, 1.165) is 11.3 Å². The van der Waals surface area contributed by atoms with Gasteiger partial charge in [-0.15, -0.1) is 0 Å². The zero-order valence-electron chi connectivity index (χ0n) is 9.93. The van der Waals surface area contributed by atoms with Crippen LogP contribution in [0.25, 0.3) is 11.3 Å². The number of nitrogens with one attached hydrogen (secondary N) is 1. The number of benzene rings is 1. The van der Waals surface area contributed by atoms with Crippen LogP contribution in [0, 0.1) is 6.92 Å². The summed E-state index contributed by atoms with van der Waals surface area (Å²) in [6.45, 7) is 2.09. The molecule has 0 spiro atoms. The van der Waals surface area contributed by atoms with Crippen LogP contribution in [-0.4, -0.2) is 17.5 Å². The van der Waals surface area contributed by atoms with E-state index in [1.54, 1.807) is 0 Å². The van der Waals surface area contributed by atoms with Crippen LogP contribution in [0.3, 0.4) is 0 Å². The molecule has 3 rings (SSSR count). The van der Waals surface area contributed by atoms with Crippen molar-refractivity contribution in [3.8, 4) is 17.0 Å². The number of anilines is 1. The maximum atomic E-state index is 11.3. The molecular weight excluding hydrogens is 228 g/mol. The fourth-order valence-corrected chi connectivity index (χ4v) is 1.93. The number of nitrogens with zero attached hydrogens (tertiary/aromatic N) is 1. The van der Waals surface area contributed by atoms with Crippen molar-refractivity contribution in [1.82, 2.24) is 4.98 Å². The second-order valence-electron chi connectivity index (χ2n) is 4.25. The molecule has 0 bridgehead atoms. The molecule has 0 atom stereocenters. The van der Waals surface area contributed by atoms with Crippen LogP contribution >= 0.6 is 0 Å². The molecule has 1 aromatic carbocycles. The number of aryl methyl sites for hydroxylation is 1. The van der Waals surface area contributed by atoms with Crippen LogP contribution in [0.15, 0.2) is 36.4 Å². The second-order valence-corrected chi connectivity index (χ2v) is 4.25. The molecule has 90 valence electrons. The maximum Gasteiger partial charge on any atom is 0.263 e. The van der Waals surface area contributed by atoms with Gasteiger partial charge in [0.2, 0.25) is 0 Å². The van der Waals surface area contributed by atoms with Crippen LogP contribution in [0.1, 0.15) is 5.56 Å². The van der Waals surface area contributed by atoms with E-state index in [1.807, 2.05) is 37.3 Å². The number of rotatable bonds is 1. The highest BCUT2D eigenvalue weighted by molar-refractivity contribution is 5.94. The van der Waals surface area contributed by atoms with Gasteiger partial charge < -0.3 is 10.1 Å². The molecule has 1 aliphatic heterocycles. The van der Waals surface area contributed by atoms with Crippen LogP contribution in [0.5, 0.6) is 5.75 Å². The van der Waals surface area contributed by atoms with Crippen molar-refractivity contribution in [3.63, 3.8) is 0 Å². The van der Waals surface area contributed by atoms with Crippen LogP contribution < -0.4 is 10.1 Å². The summed E-state index contributed by atoms with van der Waals surface area (Å²) >= 11 is 0. The molecule has 0 fully saturated rings. The minimum Gasteiger partial charge on any atom is -0.480 e. The van der Waals surface area contributed by atoms with E-state index >= 15 is 0 Å². The summed E-state index contributed by atoms with van der Waals surface area (Å²) in [4.78, 5) is 15.7. The minimum absolute atomic E-state index is 0.0540. The fraction of sp³-hybridized carbons (Fsp3) is 0.143. The Kier molecular flexibility index (Phi) is 2.48. The van der Waals surface area contributed by atoms with Crippen molar-refractivity contribution in [3.05, 3.63) is 42.0 Å². The van der Waals surface area contributed by atoms with Gasteiger partial charge in [-0.25, -0.2) is 4.98 Å². The van der Waals surface area contributed by atoms with E-state index in [-0.39, 0.29) is 12.5 Å². The molecule has 0 saturated heterocycles. The lowest BCUT2D eigenvalue weighted by atomic mass is 10.1.